The molecule has 0 unspecified atom stereocenters. The molecule has 34 heavy (non-hydrogen) atoms. The van der Waals surface area contributed by atoms with Crippen molar-refractivity contribution in [3.05, 3.63) is 102 Å². The number of para-hydroxylation sites is 1. The number of hydrogen-bond donors (Lipinski definition) is 1. The first-order valence-corrected chi connectivity index (χ1v) is 12.0. The lowest BCUT2D eigenvalue weighted by Gasteiger charge is -2.27. The second-order valence-electron chi connectivity index (χ2n) is 7.90. The molecule has 170 valence electrons. The smallest absolute Gasteiger partial charge is 0.255 e. The number of amides is 1. The van der Waals surface area contributed by atoms with Gasteiger partial charge in [-0.2, -0.15) is 4.68 Å². The summed E-state index contributed by atoms with van der Waals surface area (Å²) < 4.78 is 1.72. The van der Waals surface area contributed by atoms with E-state index in [0.717, 1.165) is 28.4 Å². The average Bonchev–Trinajstić information content (AvgIpc) is 3.37. The fraction of sp³-hybridized carbons (Fsp3) is 0.154. The maximum absolute atomic E-state index is 13.4. The van der Waals surface area contributed by atoms with E-state index >= 15 is 0 Å². The molecule has 0 atom stereocenters. The standard InChI is InChI=1S/C26H23N5O2S/c32-22-12-10-19(11-13-22)20-14-16-30(17-15-20)26(33)23-8-4-5-9-24(23)34-18-25-27-28-29-31(25)21-6-2-1-3-7-21/h1-14,32H,15-18H2. The Morgan fingerprint density at radius 1 is 0.971 bits per heavy atom. The van der Waals surface area contributed by atoms with Crippen LogP contribution in [0.4, 0.5) is 0 Å². The summed E-state index contributed by atoms with van der Waals surface area (Å²) in [5.74, 6) is 1.53. The third-order valence-corrected chi connectivity index (χ3v) is 6.81. The molecule has 0 saturated heterocycles. The van der Waals surface area contributed by atoms with Crippen LogP contribution in [-0.2, 0) is 5.75 Å². The topological polar surface area (TPSA) is 84.1 Å². The Labute approximate surface area is 201 Å². The molecule has 4 aromatic rings. The predicted molar refractivity (Wildman–Crippen MR) is 132 cm³/mol. The number of rotatable bonds is 6. The Balaban J connectivity index is 1.29. The highest BCUT2D eigenvalue weighted by Crippen LogP contribution is 2.29. The predicted octanol–water partition coefficient (Wildman–Crippen LogP) is 4.59. The summed E-state index contributed by atoms with van der Waals surface area (Å²) in [5.41, 5.74) is 3.86. The number of nitrogens with zero attached hydrogens (tertiary/aromatic N) is 5. The molecule has 0 bridgehead atoms. The summed E-state index contributed by atoms with van der Waals surface area (Å²) in [7, 11) is 0. The largest absolute Gasteiger partial charge is 0.508 e. The second kappa shape index (κ2) is 9.93. The minimum atomic E-state index is 0.0201. The fourth-order valence-corrected chi connectivity index (χ4v) is 4.89. The molecule has 0 radical (unpaired) electrons. The van der Waals surface area contributed by atoms with Crippen molar-refractivity contribution in [1.82, 2.24) is 25.1 Å². The first-order chi connectivity index (χ1) is 16.7. The number of aromatic hydroxyl groups is 1. The van der Waals surface area contributed by atoms with Crippen molar-refractivity contribution in [3.8, 4) is 11.4 Å². The van der Waals surface area contributed by atoms with Crippen LogP contribution in [0.25, 0.3) is 11.3 Å². The number of aromatic nitrogens is 4. The molecule has 0 spiro atoms. The quantitative estimate of drug-likeness (QED) is 0.416. The number of phenols is 1. The Kier molecular flexibility index (Phi) is 6.40. The van der Waals surface area contributed by atoms with Gasteiger partial charge in [-0.05, 0) is 64.4 Å². The minimum Gasteiger partial charge on any atom is -0.508 e. The molecule has 0 aliphatic carbocycles. The summed E-state index contributed by atoms with van der Waals surface area (Å²) in [6, 6.07) is 24.6. The van der Waals surface area contributed by atoms with Gasteiger partial charge in [-0.1, -0.05) is 48.5 Å². The number of phenolic OH excluding ortho intramolecular Hbond substituents is 1. The van der Waals surface area contributed by atoms with Gasteiger partial charge in [0.1, 0.15) is 5.75 Å². The van der Waals surface area contributed by atoms with Crippen LogP contribution >= 0.6 is 11.8 Å². The van der Waals surface area contributed by atoms with Crippen molar-refractivity contribution in [2.75, 3.05) is 13.1 Å². The van der Waals surface area contributed by atoms with Gasteiger partial charge < -0.3 is 10.0 Å². The minimum absolute atomic E-state index is 0.0201. The van der Waals surface area contributed by atoms with Gasteiger partial charge in [-0.3, -0.25) is 4.79 Å². The van der Waals surface area contributed by atoms with Gasteiger partial charge in [-0.15, -0.1) is 16.9 Å². The molecule has 0 saturated carbocycles. The lowest BCUT2D eigenvalue weighted by molar-refractivity contribution is 0.0769. The van der Waals surface area contributed by atoms with Crippen LogP contribution in [0.1, 0.15) is 28.2 Å². The van der Waals surface area contributed by atoms with E-state index in [-0.39, 0.29) is 11.7 Å². The van der Waals surface area contributed by atoms with Crippen molar-refractivity contribution in [3.63, 3.8) is 0 Å². The molecule has 1 aliphatic rings. The zero-order chi connectivity index (χ0) is 23.3. The third-order valence-electron chi connectivity index (χ3n) is 5.74. The Morgan fingerprint density at radius 3 is 2.50 bits per heavy atom. The third kappa shape index (κ3) is 4.72. The highest BCUT2D eigenvalue weighted by Gasteiger charge is 2.22. The van der Waals surface area contributed by atoms with E-state index < -0.39 is 0 Å². The molecule has 7 nitrogen and oxygen atoms in total. The number of benzene rings is 3. The van der Waals surface area contributed by atoms with E-state index in [1.807, 2.05) is 71.6 Å². The first kappa shape index (κ1) is 21.9. The number of thioether (sulfide) groups is 1. The second-order valence-corrected chi connectivity index (χ2v) is 8.92. The Morgan fingerprint density at radius 2 is 1.74 bits per heavy atom. The van der Waals surface area contributed by atoms with Crippen LogP contribution in [0.2, 0.25) is 0 Å². The van der Waals surface area contributed by atoms with Crippen molar-refractivity contribution in [2.45, 2.75) is 17.1 Å². The van der Waals surface area contributed by atoms with E-state index in [2.05, 4.69) is 21.6 Å². The Bertz CT molecular complexity index is 1320. The SMILES string of the molecule is O=C(c1ccccc1SCc1nnnn1-c1ccccc1)N1CC=C(c2ccc(O)cc2)CC1. The van der Waals surface area contributed by atoms with Crippen molar-refractivity contribution >= 4 is 23.2 Å². The summed E-state index contributed by atoms with van der Waals surface area (Å²) in [6.07, 6.45) is 2.87. The van der Waals surface area contributed by atoms with Gasteiger partial charge in [0.15, 0.2) is 5.82 Å². The molecule has 5 rings (SSSR count). The normalized spacial score (nSPS) is 13.5. The lowest BCUT2D eigenvalue weighted by Crippen LogP contribution is -2.35. The van der Waals surface area contributed by atoms with Crippen LogP contribution < -0.4 is 0 Å². The highest BCUT2D eigenvalue weighted by molar-refractivity contribution is 7.98. The van der Waals surface area contributed by atoms with Crippen LogP contribution in [0.15, 0.2) is 89.8 Å². The summed E-state index contributed by atoms with van der Waals surface area (Å²) >= 11 is 1.55. The molecule has 2 heterocycles. The maximum Gasteiger partial charge on any atom is 0.255 e. The molecule has 1 aliphatic heterocycles. The summed E-state index contributed by atoms with van der Waals surface area (Å²) in [5, 5.41) is 21.6. The van der Waals surface area contributed by atoms with Gasteiger partial charge >= 0.3 is 0 Å². The molecule has 8 heteroatoms. The van der Waals surface area contributed by atoms with Gasteiger partial charge in [0.2, 0.25) is 0 Å². The van der Waals surface area contributed by atoms with Crippen LogP contribution in [0, 0.1) is 0 Å². The van der Waals surface area contributed by atoms with E-state index in [1.165, 1.54) is 5.57 Å². The lowest BCUT2D eigenvalue weighted by atomic mass is 9.99. The van der Waals surface area contributed by atoms with Crippen molar-refractivity contribution in [1.29, 1.82) is 0 Å². The van der Waals surface area contributed by atoms with Gasteiger partial charge in [-0.25, -0.2) is 0 Å². The van der Waals surface area contributed by atoms with E-state index in [9.17, 15) is 9.90 Å². The van der Waals surface area contributed by atoms with Crippen molar-refractivity contribution < 1.29 is 9.90 Å². The fourth-order valence-electron chi connectivity index (χ4n) is 3.94. The zero-order valence-electron chi connectivity index (χ0n) is 18.4. The van der Waals surface area contributed by atoms with Gasteiger partial charge in [0, 0.05) is 18.0 Å². The van der Waals surface area contributed by atoms with Crippen LogP contribution in [0.5, 0.6) is 5.75 Å². The molecule has 0 fully saturated rings. The Hall–Kier alpha value is -3.91. The highest BCUT2D eigenvalue weighted by atomic mass is 32.2. The van der Waals surface area contributed by atoms with Crippen molar-refractivity contribution in [2.24, 2.45) is 0 Å². The molecular formula is C26H23N5O2S. The van der Waals surface area contributed by atoms with E-state index in [0.29, 0.717) is 24.4 Å². The monoisotopic (exact) mass is 469 g/mol. The summed E-state index contributed by atoms with van der Waals surface area (Å²) in [4.78, 5) is 16.1. The number of tetrazole rings is 1. The molecule has 3 aromatic carbocycles. The number of carbonyl (C=O) groups excluding carboxylic acids is 1. The maximum atomic E-state index is 13.4. The van der Waals surface area contributed by atoms with Crippen LogP contribution in [0.3, 0.4) is 0 Å². The van der Waals surface area contributed by atoms with E-state index in [4.69, 9.17) is 0 Å². The van der Waals surface area contributed by atoms with E-state index in [1.54, 1.807) is 28.6 Å². The average molecular weight is 470 g/mol. The molecule has 1 amide bonds. The molecule has 1 N–H and O–H groups in total. The molecular weight excluding hydrogens is 446 g/mol. The first-order valence-electron chi connectivity index (χ1n) is 11.0. The summed E-state index contributed by atoms with van der Waals surface area (Å²) in [6.45, 7) is 1.21. The number of carbonyl (C=O) groups is 1. The van der Waals surface area contributed by atoms with Crippen LogP contribution in [-0.4, -0.2) is 49.2 Å². The van der Waals surface area contributed by atoms with Gasteiger partial charge in [0.25, 0.3) is 5.91 Å². The molecule has 1 aromatic heterocycles. The number of hydrogen-bond acceptors (Lipinski definition) is 6. The zero-order valence-corrected chi connectivity index (χ0v) is 19.2. The van der Waals surface area contributed by atoms with Gasteiger partial charge in [0.05, 0.1) is 17.0 Å².